The van der Waals surface area contributed by atoms with Gasteiger partial charge in [-0.05, 0) is 24.3 Å². The van der Waals surface area contributed by atoms with E-state index in [0.29, 0.717) is 11.6 Å². The van der Waals surface area contributed by atoms with E-state index in [1.165, 1.54) is 6.39 Å². The number of nitrogens with one attached hydrogen (secondary N) is 1. The lowest BCUT2D eigenvalue weighted by molar-refractivity contribution is 0.568. The second kappa shape index (κ2) is 3.93. The van der Waals surface area contributed by atoms with Gasteiger partial charge >= 0.3 is 0 Å². The lowest BCUT2D eigenvalue weighted by Crippen LogP contribution is -2.09. The molecule has 0 saturated carbocycles. The highest BCUT2D eigenvalue weighted by molar-refractivity contribution is 7.92. The Morgan fingerprint density at radius 1 is 1.25 bits per heavy atom. The van der Waals surface area contributed by atoms with E-state index < -0.39 is 10.0 Å². The highest BCUT2D eigenvalue weighted by Gasteiger charge is 2.05. The summed E-state index contributed by atoms with van der Waals surface area (Å²) >= 11 is 0. The summed E-state index contributed by atoms with van der Waals surface area (Å²) in [7, 11) is -3.25. The second-order valence-corrected chi connectivity index (χ2v) is 4.94. The Morgan fingerprint density at radius 2 is 1.94 bits per heavy atom. The minimum absolute atomic E-state index is 0.394. The van der Waals surface area contributed by atoms with Crippen LogP contribution in [0.15, 0.2) is 35.1 Å². The highest BCUT2D eigenvalue weighted by atomic mass is 32.2. The molecule has 0 unspecified atom stereocenters. The minimum atomic E-state index is -3.25. The van der Waals surface area contributed by atoms with Gasteiger partial charge in [-0.2, -0.15) is 0 Å². The van der Waals surface area contributed by atoms with Crippen molar-refractivity contribution in [1.82, 2.24) is 10.2 Å². The Bertz CT molecular complexity index is 561. The van der Waals surface area contributed by atoms with Crippen LogP contribution in [0.2, 0.25) is 0 Å². The van der Waals surface area contributed by atoms with Crippen LogP contribution in [-0.4, -0.2) is 24.9 Å². The first kappa shape index (κ1) is 10.6. The molecule has 0 aliphatic heterocycles. The maximum Gasteiger partial charge on any atom is 0.247 e. The Morgan fingerprint density at radius 3 is 2.44 bits per heavy atom. The van der Waals surface area contributed by atoms with Crippen molar-refractivity contribution < 1.29 is 12.8 Å². The van der Waals surface area contributed by atoms with Crippen LogP contribution in [-0.2, 0) is 10.0 Å². The molecule has 0 spiro atoms. The van der Waals surface area contributed by atoms with Crippen molar-refractivity contribution in [3.05, 3.63) is 30.7 Å². The molecule has 0 radical (unpaired) electrons. The fraction of sp³-hybridized carbons (Fsp3) is 0.111. The van der Waals surface area contributed by atoms with Gasteiger partial charge in [-0.1, -0.05) is 0 Å². The molecule has 0 fully saturated rings. The van der Waals surface area contributed by atoms with Gasteiger partial charge in [-0.25, -0.2) is 8.42 Å². The first-order valence-electron chi connectivity index (χ1n) is 4.39. The molecule has 2 aromatic rings. The van der Waals surface area contributed by atoms with Crippen molar-refractivity contribution >= 4 is 15.7 Å². The van der Waals surface area contributed by atoms with Gasteiger partial charge in [0.15, 0.2) is 0 Å². The third kappa shape index (κ3) is 2.57. The van der Waals surface area contributed by atoms with Crippen LogP contribution in [0, 0.1) is 0 Å². The molecule has 0 atom stereocenters. The predicted molar refractivity (Wildman–Crippen MR) is 58.2 cm³/mol. The molecule has 0 saturated heterocycles. The normalized spacial score (nSPS) is 11.3. The lowest BCUT2D eigenvalue weighted by Gasteiger charge is -2.03. The zero-order chi connectivity index (χ0) is 11.6. The van der Waals surface area contributed by atoms with Crippen LogP contribution in [0.5, 0.6) is 0 Å². The molecule has 1 aromatic heterocycles. The van der Waals surface area contributed by atoms with E-state index in [0.717, 1.165) is 11.8 Å². The van der Waals surface area contributed by atoms with E-state index in [1.807, 2.05) is 0 Å². The van der Waals surface area contributed by atoms with Crippen molar-refractivity contribution in [2.24, 2.45) is 0 Å². The van der Waals surface area contributed by atoms with Crippen LogP contribution < -0.4 is 4.72 Å². The van der Waals surface area contributed by atoms with Gasteiger partial charge in [-0.15, -0.1) is 10.2 Å². The van der Waals surface area contributed by atoms with E-state index in [1.54, 1.807) is 24.3 Å². The van der Waals surface area contributed by atoms with Gasteiger partial charge < -0.3 is 4.42 Å². The van der Waals surface area contributed by atoms with Gasteiger partial charge in [0.2, 0.25) is 22.3 Å². The average molecular weight is 239 g/mol. The molecular weight excluding hydrogens is 230 g/mol. The number of aromatic nitrogens is 2. The third-order valence-corrected chi connectivity index (χ3v) is 2.40. The van der Waals surface area contributed by atoms with Crippen LogP contribution in [0.4, 0.5) is 5.69 Å². The van der Waals surface area contributed by atoms with Crippen molar-refractivity contribution in [2.75, 3.05) is 11.0 Å². The first-order valence-corrected chi connectivity index (χ1v) is 6.28. The fourth-order valence-corrected chi connectivity index (χ4v) is 1.76. The SMILES string of the molecule is CS(=O)(=O)Nc1ccc(-c2nnco2)cc1. The van der Waals surface area contributed by atoms with E-state index in [2.05, 4.69) is 14.9 Å². The molecule has 1 aromatic carbocycles. The van der Waals surface area contributed by atoms with E-state index in [4.69, 9.17) is 4.42 Å². The molecule has 6 nitrogen and oxygen atoms in total. The van der Waals surface area contributed by atoms with E-state index in [-0.39, 0.29) is 0 Å². The molecule has 0 aliphatic rings. The maximum atomic E-state index is 11.0. The Hall–Kier alpha value is -1.89. The van der Waals surface area contributed by atoms with Crippen molar-refractivity contribution in [3.8, 4) is 11.5 Å². The van der Waals surface area contributed by atoms with Gasteiger partial charge in [0, 0.05) is 11.3 Å². The van der Waals surface area contributed by atoms with Crippen molar-refractivity contribution in [3.63, 3.8) is 0 Å². The zero-order valence-corrected chi connectivity index (χ0v) is 9.23. The highest BCUT2D eigenvalue weighted by Crippen LogP contribution is 2.19. The molecule has 1 heterocycles. The van der Waals surface area contributed by atoms with Crippen LogP contribution in [0.1, 0.15) is 0 Å². The van der Waals surface area contributed by atoms with Crippen LogP contribution in [0.25, 0.3) is 11.5 Å². The number of hydrogen-bond donors (Lipinski definition) is 1. The summed E-state index contributed by atoms with van der Waals surface area (Å²) in [5.41, 5.74) is 1.22. The summed E-state index contributed by atoms with van der Waals surface area (Å²) in [6.07, 6.45) is 2.33. The monoisotopic (exact) mass is 239 g/mol. The molecule has 0 bridgehead atoms. The largest absolute Gasteiger partial charge is 0.423 e. The smallest absolute Gasteiger partial charge is 0.247 e. The maximum absolute atomic E-state index is 11.0. The van der Waals surface area contributed by atoms with Gasteiger partial charge in [0.1, 0.15) is 0 Å². The molecule has 2 rings (SSSR count). The number of anilines is 1. The Labute approximate surface area is 92.4 Å². The average Bonchev–Trinajstić information content (AvgIpc) is 2.69. The summed E-state index contributed by atoms with van der Waals surface area (Å²) in [6, 6.07) is 6.64. The molecule has 1 N–H and O–H groups in total. The number of nitrogens with zero attached hydrogens (tertiary/aromatic N) is 2. The topological polar surface area (TPSA) is 85.1 Å². The van der Waals surface area contributed by atoms with Crippen molar-refractivity contribution in [1.29, 1.82) is 0 Å². The summed E-state index contributed by atoms with van der Waals surface area (Å²) in [5, 5.41) is 7.29. The number of sulfonamides is 1. The van der Waals surface area contributed by atoms with Crippen molar-refractivity contribution in [2.45, 2.75) is 0 Å². The van der Waals surface area contributed by atoms with Gasteiger partial charge in [0.25, 0.3) is 0 Å². The summed E-state index contributed by atoms with van der Waals surface area (Å²) in [4.78, 5) is 0. The van der Waals surface area contributed by atoms with E-state index in [9.17, 15) is 8.42 Å². The second-order valence-electron chi connectivity index (χ2n) is 3.20. The number of rotatable bonds is 3. The van der Waals surface area contributed by atoms with Crippen LogP contribution >= 0.6 is 0 Å². The Kier molecular flexibility index (Phi) is 2.61. The standard InChI is InChI=1S/C9H9N3O3S/c1-16(13,14)12-8-4-2-7(3-5-8)9-11-10-6-15-9/h2-6,12H,1H3. The molecular formula is C9H9N3O3S. The zero-order valence-electron chi connectivity index (χ0n) is 8.41. The predicted octanol–water partition coefficient (Wildman–Crippen LogP) is 1.11. The summed E-state index contributed by atoms with van der Waals surface area (Å²) in [5.74, 6) is 0.394. The Balaban J connectivity index is 2.24. The first-order chi connectivity index (χ1) is 7.54. The number of benzene rings is 1. The van der Waals surface area contributed by atoms with Gasteiger partial charge in [-0.3, -0.25) is 4.72 Å². The lowest BCUT2D eigenvalue weighted by atomic mass is 10.2. The molecule has 16 heavy (non-hydrogen) atoms. The molecule has 84 valence electrons. The van der Waals surface area contributed by atoms with E-state index >= 15 is 0 Å². The third-order valence-electron chi connectivity index (χ3n) is 1.80. The summed E-state index contributed by atoms with van der Waals surface area (Å²) in [6.45, 7) is 0. The molecule has 7 heteroatoms. The van der Waals surface area contributed by atoms with Crippen LogP contribution in [0.3, 0.4) is 0 Å². The quantitative estimate of drug-likeness (QED) is 0.867. The minimum Gasteiger partial charge on any atom is -0.423 e. The fourth-order valence-electron chi connectivity index (χ4n) is 1.19. The summed E-state index contributed by atoms with van der Waals surface area (Å²) < 4.78 is 29.3. The number of hydrogen-bond acceptors (Lipinski definition) is 5. The molecule has 0 aliphatic carbocycles. The van der Waals surface area contributed by atoms with Gasteiger partial charge in [0.05, 0.1) is 6.26 Å². The molecule has 0 amide bonds.